The zero-order valence-corrected chi connectivity index (χ0v) is 15.6. The Morgan fingerprint density at radius 2 is 2.08 bits per heavy atom. The molecule has 0 radical (unpaired) electrons. The molecule has 1 amide bonds. The number of nitrogens with zero attached hydrogens (tertiary/aromatic N) is 2. The highest BCUT2D eigenvalue weighted by Crippen LogP contribution is 2.24. The van der Waals surface area contributed by atoms with Crippen molar-refractivity contribution in [3.05, 3.63) is 68.1 Å². The number of carbonyl (C=O) groups excluding carboxylic acids is 1. The predicted molar refractivity (Wildman–Crippen MR) is 100.0 cm³/mol. The third-order valence-electron chi connectivity index (χ3n) is 4.27. The van der Waals surface area contributed by atoms with E-state index in [9.17, 15) is 9.18 Å². The molecule has 0 aliphatic carbocycles. The van der Waals surface area contributed by atoms with E-state index in [0.717, 1.165) is 23.7 Å². The van der Waals surface area contributed by atoms with Gasteiger partial charge in [0.2, 0.25) is 5.91 Å². The molecule has 3 heterocycles. The van der Waals surface area contributed by atoms with Crippen LogP contribution in [0.4, 0.5) is 4.39 Å². The Labute approximate surface area is 158 Å². The molecule has 1 aromatic carbocycles. The quantitative estimate of drug-likeness (QED) is 0.662. The van der Waals surface area contributed by atoms with Crippen LogP contribution in [0.1, 0.15) is 21.1 Å². The van der Waals surface area contributed by atoms with E-state index in [1.54, 1.807) is 23.5 Å². The van der Waals surface area contributed by atoms with E-state index in [1.165, 1.54) is 33.9 Å². The Morgan fingerprint density at radius 1 is 1.23 bits per heavy atom. The van der Waals surface area contributed by atoms with Crippen LogP contribution in [0.15, 0.2) is 41.1 Å². The summed E-state index contributed by atoms with van der Waals surface area (Å²) in [6, 6.07) is 8.00. The molecule has 0 fully saturated rings. The van der Waals surface area contributed by atoms with Gasteiger partial charge in [-0.15, -0.1) is 22.7 Å². The molecule has 0 atom stereocenters. The van der Waals surface area contributed by atoms with Crippen LogP contribution < -0.4 is 4.74 Å². The largest absolute Gasteiger partial charge is 0.486 e. The molecule has 1 aliphatic heterocycles. The maximum absolute atomic E-state index is 12.9. The summed E-state index contributed by atoms with van der Waals surface area (Å²) in [5.41, 5.74) is 2.04. The molecular weight excluding hydrogens is 371 g/mol. The number of amides is 1. The minimum Gasteiger partial charge on any atom is -0.486 e. The van der Waals surface area contributed by atoms with Crippen molar-refractivity contribution in [2.45, 2.75) is 26.0 Å². The highest BCUT2D eigenvalue weighted by molar-refractivity contribution is 7.10. The van der Waals surface area contributed by atoms with Gasteiger partial charge in [-0.3, -0.25) is 4.79 Å². The Kier molecular flexibility index (Phi) is 4.99. The molecule has 0 bridgehead atoms. The molecule has 0 saturated heterocycles. The van der Waals surface area contributed by atoms with E-state index >= 15 is 0 Å². The van der Waals surface area contributed by atoms with Crippen LogP contribution in [0.25, 0.3) is 0 Å². The van der Waals surface area contributed by atoms with Gasteiger partial charge in [-0.05, 0) is 47.7 Å². The number of hydrogen-bond acceptors (Lipinski definition) is 5. The molecule has 4 rings (SSSR count). The molecule has 134 valence electrons. The maximum Gasteiger partial charge on any atom is 0.228 e. The number of hydrogen-bond donors (Lipinski definition) is 0. The lowest BCUT2D eigenvalue weighted by Crippen LogP contribution is -2.36. The number of thiazole rings is 1. The number of fused-ring (bicyclic) bond motifs is 1. The first-order chi connectivity index (χ1) is 12.7. The Balaban J connectivity index is 1.32. The lowest BCUT2D eigenvalue weighted by atomic mass is 10.1. The molecule has 0 spiro atoms. The number of halogens is 1. The van der Waals surface area contributed by atoms with Crippen molar-refractivity contribution in [1.29, 1.82) is 0 Å². The normalized spacial score (nSPS) is 13.5. The van der Waals surface area contributed by atoms with Crippen LogP contribution >= 0.6 is 22.7 Å². The van der Waals surface area contributed by atoms with Gasteiger partial charge in [0.25, 0.3) is 0 Å². The van der Waals surface area contributed by atoms with E-state index in [4.69, 9.17) is 4.74 Å². The summed E-state index contributed by atoms with van der Waals surface area (Å²) in [7, 11) is 0. The number of aromatic nitrogens is 1. The number of carbonyl (C=O) groups is 1. The molecule has 0 N–H and O–H groups in total. The Morgan fingerprint density at radius 3 is 2.92 bits per heavy atom. The third-order valence-corrected chi connectivity index (χ3v) is 6.16. The topological polar surface area (TPSA) is 42.4 Å². The summed E-state index contributed by atoms with van der Waals surface area (Å²) in [5.74, 6) is 0.414. The average molecular weight is 388 g/mol. The van der Waals surface area contributed by atoms with Crippen molar-refractivity contribution in [2.24, 2.45) is 0 Å². The van der Waals surface area contributed by atoms with Crippen molar-refractivity contribution < 1.29 is 13.9 Å². The van der Waals surface area contributed by atoms with Gasteiger partial charge in [0.15, 0.2) is 0 Å². The van der Waals surface area contributed by atoms with Gasteiger partial charge in [-0.2, -0.15) is 0 Å². The molecule has 7 heteroatoms. The SMILES string of the molecule is O=C(Cc1csc(COc2ccc(F)cc2)n1)N1CCc2sccc2C1. The summed E-state index contributed by atoms with van der Waals surface area (Å²) in [5, 5.41) is 4.80. The van der Waals surface area contributed by atoms with E-state index in [0.29, 0.717) is 25.3 Å². The van der Waals surface area contributed by atoms with Crippen molar-refractivity contribution in [2.75, 3.05) is 6.54 Å². The first kappa shape index (κ1) is 17.2. The predicted octanol–water partition coefficient (Wildman–Crippen LogP) is 4.05. The third kappa shape index (κ3) is 3.94. The van der Waals surface area contributed by atoms with E-state index in [-0.39, 0.29) is 11.7 Å². The summed E-state index contributed by atoms with van der Waals surface area (Å²) in [4.78, 5) is 20.3. The summed E-state index contributed by atoms with van der Waals surface area (Å²) in [6.07, 6.45) is 1.25. The number of thiophene rings is 1. The van der Waals surface area contributed by atoms with Crippen molar-refractivity contribution in [1.82, 2.24) is 9.88 Å². The van der Waals surface area contributed by atoms with Gasteiger partial charge >= 0.3 is 0 Å². The smallest absolute Gasteiger partial charge is 0.228 e. The fourth-order valence-electron chi connectivity index (χ4n) is 2.90. The molecule has 3 aromatic rings. The van der Waals surface area contributed by atoms with Crippen LogP contribution in [0, 0.1) is 5.82 Å². The zero-order chi connectivity index (χ0) is 17.9. The minimum absolute atomic E-state index is 0.109. The fourth-order valence-corrected chi connectivity index (χ4v) is 4.50. The van der Waals surface area contributed by atoms with E-state index in [2.05, 4.69) is 16.4 Å². The lowest BCUT2D eigenvalue weighted by Gasteiger charge is -2.26. The van der Waals surface area contributed by atoms with Crippen LogP contribution in [0.3, 0.4) is 0 Å². The zero-order valence-electron chi connectivity index (χ0n) is 14.0. The van der Waals surface area contributed by atoms with E-state index < -0.39 is 0 Å². The molecule has 26 heavy (non-hydrogen) atoms. The van der Waals surface area contributed by atoms with Gasteiger partial charge in [0.05, 0.1) is 12.1 Å². The van der Waals surface area contributed by atoms with Gasteiger partial charge in [-0.1, -0.05) is 0 Å². The maximum atomic E-state index is 12.9. The first-order valence-electron chi connectivity index (χ1n) is 8.32. The first-order valence-corrected chi connectivity index (χ1v) is 10.1. The second kappa shape index (κ2) is 7.55. The van der Waals surface area contributed by atoms with Gasteiger partial charge in [0.1, 0.15) is 23.2 Å². The van der Waals surface area contributed by atoms with Crippen LogP contribution in [-0.4, -0.2) is 22.3 Å². The monoisotopic (exact) mass is 388 g/mol. The number of benzene rings is 1. The molecule has 2 aromatic heterocycles. The number of ether oxygens (including phenoxy) is 1. The Bertz CT molecular complexity index is 904. The van der Waals surface area contributed by atoms with Gasteiger partial charge in [0, 0.05) is 23.3 Å². The fraction of sp³-hybridized carbons (Fsp3) is 0.263. The van der Waals surface area contributed by atoms with Crippen molar-refractivity contribution in [3.63, 3.8) is 0 Å². The average Bonchev–Trinajstić information content (AvgIpc) is 3.29. The Hall–Kier alpha value is -2.25. The summed E-state index contributed by atoms with van der Waals surface area (Å²) >= 11 is 3.24. The molecule has 1 aliphatic rings. The number of rotatable bonds is 5. The molecule has 4 nitrogen and oxygen atoms in total. The molecule has 0 unspecified atom stereocenters. The second-order valence-corrected chi connectivity index (χ2v) is 8.03. The van der Waals surface area contributed by atoms with Crippen molar-refractivity contribution >= 4 is 28.6 Å². The van der Waals surface area contributed by atoms with Crippen LogP contribution in [0.5, 0.6) is 5.75 Å². The highest BCUT2D eigenvalue weighted by Gasteiger charge is 2.22. The second-order valence-electron chi connectivity index (χ2n) is 6.09. The lowest BCUT2D eigenvalue weighted by molar-refractivity contribution is -0.131. The van der Waals surface area contributed by atoms with Gasteiger partial charge in [-0.25, -0.2) is 9.37 Å². The highest BCUT2D eigenvalue weighted by atomic mass is 32.1. The van der Waals surface area contributed by atoms with Crippen LogP contribution in [-0.2, 0) is 30.8 Å². The summed E-state index contributed by atoms with van der Waals surface area (Å²) in [6.45, 7) is 1.78. The summed E-state index contributed by atoms with van der Waals surface area (Å²) < 4.78 is 18.5. The van der Waals surface area contributed by atoms with Crippen molar-refractivity contribution in [3.8, 4) is 5.75 Å². The standard InChI is InChI=1S/C19H17FN2O2S2/c20-14-1-3-16(4-2-14)24-11-18-21-15(12-26-18)9-19(23)22-7-5-17-13(10-22)6-8-25-17/h1-4,6,8,12H,5,7,9-11H2. The van der Waals surface area contributed by atoms with Gasteiger partial charge < -0.3 is 9.64 Å². The van der Waals surface area contributed by atoms with E-state index in [1.807, 2.05) is 10.3 Å². The molecule has 0 saturated carbocycles. The minimum atomic E-state index is -0.292. The van der Waals surface area contributed by atoms with Crippen LogP contribution in [0.2, 0.25) is 0 Å². The molecular formula is C19H17FN2O2S2.